The van der Waals surface area contributed by atoms with Crippen molar-refractivity contribution in [1.29, 1.82) is 0 Å². The van der Waals surface area contributed by atoms with E-state index in [1.165, 1.54) is 12.3 Å². The summed E-state index contributed by atoms with van der Waals surface area (Å²) < 4.78 is 10.9. The summed E-state index contributed by atoms with van der Waals surface area (Å²) in [4.78, 5) is 40.9. The average molecular weight is 470 g/mol. The van der Waals surface area contributed by atoms with Gasteiger partial charge in [-0.1, -0.05) is 44.4 Å². The number of benzene rings is 1. The summed E-state index contributed by atoms with van der Waals surface area (Å²) in [6.45, 7) is 4.50. The Morgan fingerprint density at radius 3 is 2.56 bits per heavy atom. The second-order valence-corrected chi connectivity index (χ2v) is 8.46. The van der Waals surface area contributed by atoms with Crippen molar-refractivity contribution in [2.75, 3.05) is 19.7 Å². The Morgan fingerprint density at radius 1 is 1.12 bits per heavy atom. The highest BCUT2D eigenvalue weighted by Gasteiger charge is 2.34. The Bertz CT molecular complexity index is 938. The van der Waals surface area contributed by atoms with E-state index in [9.17, 15) is 14.4 Å². The van der Waals surface area contributed by atoms with E-state index in [4.69, 9.17) is 9.15 Å². The second-order valence-electron chi connectivity index (χ2n) is 8.46. The van der Waals surface area contributed by atoms with Gasteiger partial charge in [-0.15, -0.1) is 0 Å². The van der Waals surface area contributed by atoms with E-state index < -0.39 is 11.9 Å². The lowest BCUT2D eigenvalue weighted by atomic mass is 10.0. The fourth-order valence-corrected chi connectivity index (χ4v) is 4.27. The predicted molar refractivity (Wildman–Crippen MR) is 128 cm³/mol. The first kappa shape index (κ1) is 25.3. The van der Waals surface area contributed by atoms with Gasteiger partial charge in [0.1, 0.15) is 11.8 Å². The lowest BCUT2D eigenvalue weighted by Gasteiger charge is -2.33. The van der Waals surface area contributed by atoms with Gasteiger partial charge in [0.15, 0.2) is 5.76 Å². The summed E-state index contributed by atoms with van der Waals surface area (Å²) in [5, 5.41) is 5.77. The van der Waals surface area contributed by atoms with Crippen molar-refractivity contribution in [3.8, 4) is 5.75 Å². The first-order valence-electron chi connectivity index (χ1n) is 12.2. The fourth-order valence-electron chi connectivity index (χ4n) is 4.27. The number of carbonyl (C=O) groups excluding carboxylic acids is 3. The van der Waals surface area contributed by atoms with Gasteiger partial charge < -0.3 is 24.7 Å². The molecular weight excluding hydrogens is 434 g/mol. The Labute approximate surface area is 201 Å². The molecule has 0 bridgehead atoms. The molecule has 8 heteroatoms. The molecule has 1 aromatic heterocycles. The zero-order valence-corrected chi connectivity index (χ0v) is 20.0. The molecule has 0 unspecified atom stereocenters. The van der Waals surface area contributed by atoms with Gasteiger partial charge in [-0.3, -0.25) is 14.4 Å². The molecule has 1 heterocycles. The molecule has 1 aliphatic carbocycles. The second kappa shape index (κ2) is 12.8. The molecule has 1 fully saturated rings. The van der Waals surface area contributed by atoms with E-state index in [2.05, 4.69) is 10.6 Å². The van der Waals surface area contributed by atoms with Crippen molar-refractivity contribution < 1.29 is 23.5 Å². The minimum atomic E-state index is -0.858. The van der Waals surface area contributed by atoms with Crippen LogP contribution in [0.5, 0.6) is 5.75 Å². The van der Waals surface area contributed by atoms with Crippen LogP contribution in [-0.4, -0.2) is 48.4 Å². The number of para-hydroxylation sites is 1. The van der Waals surface area contributed by atoms with Gasteiger partial charge in [-0.05, 0) is 44.4 Å². The third-order valence-corrected chi connectivity index (χ3v) is 5.99. The van der Waals surface area contributed by atoms with E-state index in [1.807, 2.05) is 38.1 Å². The van der Waals surface area contributed by atoms with Crippen molar-refractivity contribution in [3.05, 3.63) is 54.0 Å². The highest BCUT2D eigenvalue weighted by molar-refractivity contribution is 5.95. The standard InChI is InChI=1S/C26H35N3O5/c1-3-5-16-29(23(30)18-27-25(31)22-15-10-17-34-22)24(26(32)28-19-11-6-7-12-19)20-13-8-9-14-21(20)33-4-2/h8-10,13-15,17,19,24H,3-7,11-12,16,18H2,1-2H3,(H,27,31)(H,28,32)/t24-/m0/s1. The van der Waals surface area contributed by atoms with E-state index in [0.29, 0.717) is 24.5 Å². The van der Waals surface area contributed by atoms with Gasteiger partial charge in [0.2, 0.25) is 11.8 Å². The van der Waals surface area contributed by atoms with E-state index in [0.717, 1.165) is 38.5 Å². The number of nitrogens with one attached hydrogen (secondary N) is 2. The molecule has 3 rings (SSSR count). The number of hydrogen-bond donors (Lipinski definition) is 2. The van der Waals surface area contributed by atoms with Gasteiger partial charge in [-0.25, -0.2) is 0 Å². The molecule has 34 heavy (non-hydrogen) atoms. The van der Waals surface area contributed by atoms with Crippen LogP contribution in [0, 0.1) is 0 Å². The molecule has 1 aliphatic rings. The maximum Gasteiger partial charge on any atom is 0.287 e. The van der Waals surface area contributed by atoms with Crippen molar-refractivity contribution in [2.45, 2.75) is 64.5 Å². The highest BCUT2D eigenvalue weighted by Crippen LogP contribution is 2.31. The Kier molecular flexibility index (Phi) is 9.55. The van der Waals surface area contributed by atoms with E-state index >= 15 is 0 Å². The summed E-state index contributed by atoms with van der Waals surface area (Å²) in [7, 11) is 0. The number of amides is 3. The maximum absolute atomic E-state index is 13.6. The first-order valence-corrected chi connectivity index (χ1v) is 12.2. The van der Waals surface area contributed by atoms with Crippen LogP contribution in [0.3, 0.4) is 0 Å². The molecule has 1 aromatic carbocycles. The highest BCUT2D eigenvalue weighted by atomic mass is 16.5. The lowest BCUT2D eigenvalue weighted by molar-refractivity contribution is -0.140. The van der Waals surface area contributed by atoms with Crippen LogP contribution in [0.15, 0.2) is 47.1 Å². The van der Waals surface area contributed by atoms with Crippen molar-refractivity contribution in [2.24, 2.45) is 0 Å². The molecule has 0 radical (unpaired) electrons. The minimum Gasteiger partial charge on any atom is -0.494 e. The van der Waals surface area contributed by atoms with Crippen LogP contribution in [0.1, 0.15) is 74.5 Å². The fraction of sp³-hybridized carbons (Fsp3) is 0.500. The quantitative estimate of drug-likeness (QED) is 0.492. The van der Waals surface area contributed by atoms with E-state index in [-0.39, 0.29) is 30.2 Å². The van der Waals surface area contributed by atoms with Crippen LogP contribution in [0.4, 0.5) is 0 Å². The molecule has 8 nitrogen and oxygen atoms in total. The average Bonchev–Trinajstić information content (AvgIpc) is 3.55. The van der Waals surface area contributed by atoms with Crippen molar-refractivity contribution >= 4 is 17.7 Å². The topological polar surface area (TPSA) is 101 Å². The normalized spacial score (nSPS) is 14.4. The third kappa shape index (κ3) is 6.62. The Morgan fingerprint density at radius 2 is 1.88 bits per heavy atom. The van der Waals surface area contributed by atoms with Gasteiger partial charge in [0, 0.05) is 18.2 Å². The van der Waals surface area contributed by atoms with Crippen molar-refractivity contribution in [1.82, 2.24) is 15.5 Å². The molecule has 0 spiro atoms. The molecule has 3 amide bonds. The SMILES string of the molecule is CCCCN(C(=O)CNC(=O)c1ccco1)[C@H](C(=O)NC1CCCC1)c1ccccc1OCC. The lowest BCUT2D eigenvalue weighted by Crippen LogP contribution is -2.49. The Hall–Kier alpha value is -3.29. The smallest absolute Gasteiger partial charge is 0.287 e. The predicted octanol–water partition coefficient (Wildman–Crippen LogP) is 3.84. The van der Waals surface area contributed by atoms with Crippen molar-refractivity contribution in [3.63, 3.8) is 0 Å². The summed E-state index contributed by atoms with van der Waals surface area (Å²) >= 11 is 0. The maximum atomic E-state index is 13.6. The molecular formula is C26H35N3O5. The molecule has 1 atom stereocenters. The third-order valence-electron chi connectivity index (χ3n) is 5.99. The Balaban J connectivity index is 1.88. The van der Waals surface area contributed by atoms with Crippen LogP contribution < -0.4 is 15.4 Å². The molecule has 0 saturated heterocycles. The molecule has 184 valence electrons. The minimum absolute atomic E-state index is 0.107. The molecule has 2 aromatic rings. The summed E-state index contributed by atoms with van der Waals surface area (Å²) in [6, 6.07) is 9.73. The monoisotopic (exact) mass is 469 g/mol. The summed E-state index contributed by atoms with van der Waals surface area (Å²) in [5.41, 5.74) is 0.640. The number of ether oxygens (including phenoxy) is 1. The largest absolute Gasteiger partial charge is 0.494 e. The summed E-state index contributed by atoms with van der Waals surface area (Å²) in [6.07, 6.45) is 7.03. The van der Waals surface area contributed by atoms with Gasteiger partial charge in [0.05, 0.1) is 19.4 Å². The van der Waals surface area contributed by atoms with Crippen LogP contribution in [-0.2, 0) is 9.59 Å². The number of furan rings is 1. The van der Waals surface area contributed by atoms with E-state index in [1.54, 1.807) is 11.0 Å². The van der Waals surface area contributed by atoms with Crippen LogP contribution in [0.25, 0.3) is 0 Å². The van der Waals surface area contributed by atoms with Gasteiger partial charge >= 0.3 is 0 Å². The number of unbranched alkanes of at least 4 members (excludes halogenated alkanes) is 1. The van der Waals surface area contributed by atoms with Gasteiger partial charge in [0.25, 0.3) is 5.91 Å². The zero-order chi connectivity index (χ0) is 24.3. The zero-order valence-electron chi connectivity index (χ0n) is 20.0. The van der Waals surface area contributed by atoms with Crippen LogP contribution in [0.2, 0.25) is 0 Å². The number of hydrogen-bond acceptors (Lipinski definition) is 5. The number of nitrogens with zero attached hydrogens (tertiary/aromatic N) is 1. The summed E-state index contributed by atoms with van der Waals surface area (Å²) in [5.74, 6) is -0.335. The first-order chi connectivity index (χ1) is 16.5. The number of rotatable bonds is 12. The molecule has 1 saturated carbocycles. The van der Waals surface area contributed by atoms with Crippen LogP contribution >= 0.6 is 0 Å². The molecule has 2 N–H and O–H groups in total. The van der Waals surface area contributed by atoms with Gasteiger partial charge in [-0.2, -0.15) is 0 Å². The molecule has 0 aliphatic heterocycles. The number of carbonyl (C=O) groups is 3.